The Labute approximate surface area is 310 Å². The van der Waals surface area contributed by atoms with Gasteiger partial charge in [0.15, 0.2) is 0 Å². The summed E-state index contributed by atoms with van der Waals surface area (Å²) in [6.45, 7) is 2.14. The van der Waals surface area contributed by atoms with Gasteiger partial charge in [0.05, 0.1) is 0 Å². The zero-order valence-electron chi connectivity index (χ0n) is 29.5. The van der Waals surface area contributed by atoms with Gasteiger partial charge in [0, 0.05) is 33.6 Å². The maximum Gasteiger partial charge on any atom is 0.138 e. The summed E-state index contributed by atoms with van der Waals surface area (Å²) < 4.78 is 6.31. The van der Waals surface area contributed by atoms with E-state index in [0.29, 0.717) is 0 Å². The van der Waals surface area contributed by atoms with Crippen LogP contribution in [0, 0.1) is 6.92 Å². The molecular weight excluding hydrogens is 643 g/mol. The predicted octanol–water partition coefficient (Wildman–Crippen LogP) is 14.5. The number of anilines is 3. The molecule has 0 amide bonds. The van der Waals surface area contributed by atoms with Crippen molar-refractivity contribution in [3.63, 3.8) is 0 Å². The molecule has 53 heavy (non-hydrogen) atoms. The maximum atomic E-state index is 6.31. The number of hydrogen-bond donors (Lipinski definition) is 0. The molecule has 0 aliphatic rings. The molecule has 0 atom stereocenters. The average molecular weight is 680 g/mol. The lowest BCUT2D eigenvalue weighted by atomic mass is 9.89. The molecule has 0 fully saturated rings. The van der Waals surface area contributed by atoms with Crippen molar-refractivity contribution in [2.24, 2.45) is 0 Å². The summed E-state index contributed by atoms with van der Waals surface area (Å²) in [5, 5.41) is 1.16. The van der Waals surface area contributed by atoms with Crippen molar-refractivity contribution in [1.29, 1.82) is 0 Å². The van der Waals surface area contributed by atoms with Crippen molar-refractivity contribution in [3.05, 3.63) is 212 Å². The molecule has 2 heteroatoms. The van der Waals surface area contributed by atoms with E-state index in [0.717, 1.165) is 56.0 Å². The SMILES string of the molecule is Cc1c(-c2cccc(-c3ccc(N(c4ccccc4)c4ccc(-c5ccccc5-c5ccccc5-c5ccccc5)cc4)cc3)c2)oc2ccccc12. The van der Waals surface area contributed by atoms with Crippen molar-refractivity contribution >= 4 is 28.0 Å². The number of rotatable bonds is 8. The van der Waals surface area contributed by atoms with Crippen LogP contribution in [-0.2, 0) is 0 Å². The quantitative estimate of drug-likeness (QED) is 0.159. The zero-order valence-corrected chi connectivity index (χ0v) is 29.5. The Morgan fingerprint density at radius 3 is 1.42 bits per heavy atom. The lowest BCUT2D eigenvalue weighted by Gasteiger charge is -2.26. The first kappa shape index (κ1) is 32.0. The second kappa shape index (κ2) is 14.0. The van der Waals surface area contributed by atoms with E-state index in [1.54, 1.807) is 0 Å². The van der Waals surface area contributed by atoms with Crippen molar-refractivity contribution in [2.75, 3.05) is 4.90 Å². The second-order valence-corrected chi connectivity index (χ2v) is 13.4. The Morgan fingerprint density at radius 1 is 0.340 bits per heavy atom. The van der Waals surface area contributed by atoms with Crippen LogP contribution < -0.4 is 4.90 Å². The van der Waals surface area contributed by atoms with Gasteiger partial charge >= 0.3 is 0 Å². The average Bonchev–Trinajstić information content (AvgIpc) is 3.58. The molecule has 0 aliphatic carbocycles. The van der Waals surface area contributed by atoms with Gasteiger partial charge in [-0.3, -0.25) is 0 Å². The van der Waals surface area contributed by atoms with Crippen LogP contribution >= 0.6 is 0 Å². The summed E-state index contributed by atoms with van der Waals surface area (Å²) in [6, 6.07) is 73.3. The van der Waals surface area contributed by atoms with Crippen LogP contribution in [0.2, 0.25) is 0 Å². The van der Waals surface area contributed by atoms with E-state index in [9.17, 15) is 0 Å². The van der Waals surface area contributed by atoms with Crippen LogP contribution in [-0.4, -0.2) is 0 Å². The molecule has 2 nitrogen and oxygen atoms in total. The lowest BCUT2D eigenvalue weighted by molar-refractivity contribution is 0.629. The third kappa shape index (κ3) is 6.22. The van der Waals surface area contributed by atoms with Gasteiger partial charge < -0.3 is 9.32 Å². The first-order chi connectivity index (χ1) is 26.2. The molecule has 0 spiro atoms. The van der Waals surface area contributed by atoms with Crippen LogP contribution in [0.3, 0.4) is 0 Å². The van der Waals surface area contributed by atoms with E-state index in [-0.39, 0.29) is 0 Å². The molecule has 0 aliphatic heterocycles. The van der Waals surface area contributed by atoms with E-state index in [1.807, 2.05) is 12.1 Å². The van der Waals surface area contributed by atoms with Gasteiger partial charge in [0.1, 0.15) is 11.3 Å². The highest BCUT2D eigenvalue weighted by Crippen LogP contribution is 2.41. The Bertz CT molecular complexity index is 2650. The summed E-state index contributed by atoms with van der Waals surface area (Å²) in [6.07, 6.45) is 0. The van der Waals surface area contributed by atoms with Crippen molar-refractivity contribution in [2.45, 2.75) is 6.92 Å². The number of aryl methyl sites for hydroxylation is 1. The van der Waals surface area contributed by atoms with Crippen molar-refractivity contribution in [3.8, 4) is 55.8 Å². The Balaban J connectivity index is 1.05. The molecule has 9 aromatic rings. The van der Waals surface area contributed by atoms with Gasteiger partial charge in [0.2, 0.25) is 0 Å². The first-order valence-electron chi connectivity index (χ1n) is 18.1. The van der Waals surface area contributed by atoms with E-state index in [1.165, 1.54) is 33.4 Å². The third-order valence-electron chi connectivity index (χ3n) is 10.1. The number of hydrogen-bond acceptors (Lipinski definition) is 2. The molecule has 8 aromatic carbocycles. The zero-order chi connectivity index (χ0) is 35.6. The monoisotopic (exact) mass is 679 g/mol. The smallest absolute Gasteiger partial charge is 0.138 e. The molecule has 0 unspecified atom stereocenters. The molecule has 1 heterocycles. The van der Waals surface area contributed by atoms with Gasteiger partial charge in [-0.2, -0.15) is 0 Å². The molecule has 0 bridgehead atoms. The van der Waals surface area contributed by atoms with E-state index >= 15 is 0 Å². The molecule has 0 N–H and O–H groups in total. The minimum absolute atomic E-state index is 0.918. The van der Waals surface area contributed by atoms with Crippen LogP contribution in [0.4, 0.5) is 17.1 Å². The third-order valence-corrected chi connectivity index (χ3v) is 10.1. The molecule has 1 aromatic heterocycles. The van der Waals surface area contributed by atoms with Gasteiger partial charge in [-0.05, 0) is 100.0 Å². The van der Waals surface area contributed by atoms with Crippen LogP contribution in [0.5, 0.6) is 0 Å². The summed E-state index contributed by atoms with van der Waals surface area (Å²) in [5.41, 5.74) is 16.0. The van der Waals surface area contributed by atoms with Gasteiger partial charge in [-0.1, -0.05) is 158 Å². The standard InChI is InChI=1S/C51H37NO/c1-36-45-21-12-13-26-50(45)53-51(36)41-18-14-17-40(35-41)37-27-31-43(32-28-37)52(42-19-6-3-7-20-42)44-33-29-39(30-34-44)47-23-9-11-25-49(47)48-24-10-8-22-46(48)38-15-4-2-5-16-38/h2-35H,1H3. The fourth-order valence-electron chi connectivity index (χ4n) is 7.46. The van der Waals surface area contributed by atoms with Crippen molar-refractivity contribution < 1.29 is 4.42 Å². The molecule has 0 saturated heterocycles. The number of para-hydroxylation sites is 2. The number of fused-ring (bicyclic) bond motifs is 1. The second-order valence-electron chi connectivity index (χ2n) is 13.4. The largest absolute Gasteiger partial charge is 0.456 e. The van der Waals surface area contributed by atoms with E-state index in [2.05, 4.69) is 206 Å². The number of benzene rings is 8. The van der Waals surface area contributed by atoms with Crippen LogP contribution in [0.15, 0.2) is 211 Å². The Hall–Kier alpha value is -6.90. The van der Waals surface area contributed by atoms with E-state index in [4.69, 9.17) is 4.42 Å². The fraction of sp³-hybridized carbons (Fsp3) is 0.0196. The summed E-state index contributed by atoms with van der Waals surface area (Å²) in [7, 11) is 0. The topological polar surface area (TPSA) is 16.4 Å². The highest BCUT2D eigenvalue weighted by atomic mass is 16.3. The highest BCUT2D eigenvalue weighted by Gasteiger charge is 2.16. The highest BCUT2D eigenvalue weighted by molar-refractivity contribution is 5.92. The van der Waals surface area contributed by atoms with Gasteiger partial charge in [-0.25, -0.2) is 0 Å². The summed E-state index contributed by atoms with van der Waals surface area (Å²) >= 11 is 0. The van der Waals surface area contributed by atoms with Gasteiger partial charge in [-0.15, -0.1) is 0 Å². The first-order valence-corrected chi connectivity index (χ1v) is 18.1. The number of furan rings is 1. The normalized spacial score (nSPS) is 11.1. The fourth-order valence-corrected chi connectivity index (χ4v) is 7.46. The Kier molecular flexibility index (Phi) is 8.47. The van der Waals surface area contributed by atoms with Crippen molar-refractivity contribution in [1.82, 2.24) is 0 Å². The molecule has 9 rings (SSSR count). The molecule has 0 radical (unpaired) electrons. The summed E-state index contributed by atoms with van der Waals surface area (Å²) in [5.74, 6) is 0.923. The maximum absolute atomic E-state index is 6.31. The predicted molar refractivity (Wildman–Crippen MR) is 223 cm³/mol. The van der Waals surface area contributed by atoms with Gasteiger partial charge in [0.25, 0.3) is 0 Å². The Morgan fingerprint density at radius 2 is 0.792 bits per heavy atom. The summed E-state index contributed by atoms with van der Waals surface area (Å²) in [4.78, 5) is 2.32. The molecular formula is C51H37NO. The number of nitrogens with zero attached hydrogens (tertiary/aromatic N) is 1. The van der Waals surface area contributed by atoms with Crippen LogP contribution in [0.25, 0.3) is 66.8 Å². The van der Waals surface area contributed by atoms with Crippen LogP contribution in [0.1, 0.15) is 5.56 Å². The minimum atomic E-state index is 0.918. The minimum Gasteiger partial charge on any atom is -0.456 e. The lowest BCUT2D eigenvalue weighted by Crippen LogP contribution is -2.09. The molecule has 0 saturated carbocycles. The van der Waals surface area contributed by atoms with E-state index < -0.39 is 0 Å². The molecule has 252 valence electrons.